The minimum Gasteiger partial charge on any atom is -0.486 e. The van der Waals surface area contributed by atoms with Crippen molar-refractivity contribution in [2.75, 3.05) is 23.8 Å². The summed E-state index contributed by atoms with van der Waals surface area (Å²) in [5.41, 5.74) is 1.60. The minimum atomic E-state index is -0.372. The molecule has 114 valence electrons. The average molecular weight is 298 g/mol. The zero-order valence-electron chi connectivity index (χ0n) is 12.3. The van der Waals surface area contributed by atoms with Gasteiger partial charge in [0.25, 0.3) is 0 Å². The number of hydrogen-bond acceptors (Lipinski definition) is 4. The molecule has 0 spiro atoms. The van der Waals surface area contributed by atoms with E-state index in [9.17, 15) is 4.79 Å². The first-order valence-corrected chi connectivity index (χ1v) is 7.24. The molecular formula is C17H18N2O3. The number of ether oxygens (including phenoxy) is 2. The van der Waals surface area contributed by atoms with Crippen LogP contribution >= 0.6 is 0 Å². The third-order valence-corrected chi connectivity index (χ3v) is 3.36. The Balaban J connectivity index is 1.63. The van der Waals surface area contributed by atoms with Gasteiger partial charge in [-0.15, -0.1) is 0 Å². The summed E-state index contributed by atoms with van der Waals surface area (Å²) in [4.78, 5) is 12.2. The number of anilines is 2. The highest BCUT2D eigenvalue weighted by Crippen LogP contribution is 2.32. The predicted octanol–water partition coefficient (Wildman–Crippen LogP) is 2.90. The Hall–Kier alpha value is -2.69. The van der Waals surface area contributed by atoms with Crippen molar-refractivity contribution in [1.29, 1.82) is 0 Å². The van der Waals surface area contributed by atoms with Crippen LogP contribution in [0.3, 0.4) is 0 Å². The summed E-state index contributed by atoms with van der Waals surface area (Å²) in [6.45, 7) is 2.92. The maximum atomic E-state index is 12.2. The average Bonchev–Trinajstić information content (AvgIpc) is 2.55. The van der Waals surface area contributed by atoms with Crippen LogP contribution in [0.5, 0.6) is 11.5 Å². The molecule has 1 aliphatic rings. The molecule has 0 radical (unpaired) electrons. The summed E-state index contributed by atoms with van der Waals surface area (Å²) >= 11 is 0. The van der Waals surface area contributed by atoms with Crippen LogP contribution in [0.1, 0.15) is 6.92 Å². The van der Waals surface area contributed by atoms with Crippen molar-refractivity contribution in [3.8, 4) is 11.5 Å². The van der Waals surface area contributed by atoms with Gasteiger partial charge in [-0.2, -0.15) is 0 Å². The van der Waals surface area contributed by atoms with Gasteiger partial charge in [0.1, 0.15) is 19.3 Å². The highest BCUT2D eigenvalue weighted by molar-refractivity contribution is 5.96. The fourth-order valence-corrected chi connectivity index (χ4v) is 2.22. The molecule has 3 rings (SSSR count). The van der Waals surface area contributed by atoms with Crippen molar-refractivity contribution in [2.24, 2.45) is 0 Å². The zero-order chi connectivity index (χ0) is 15.4. The first-order chi connectivity index (χ1) is 10.7. The van der Waals surface area contributed by atoms with Gasteiger partial charge < -0.3 is 20.1 Å². The van der Waals surface area contributed by atoms with Crippen LogP contribution in [0.25, 0.3) is 0 Å². The molecule has 0 aromatic heterocycles. The van der Waals surface area contributed by atoms with Crippen LogP contribution in [-0.2, 0) is 4.79 Å². The number of carbonyl (C=O) groups excluding carboxylic acids is 1. The number of rotatable bonds is 4. The maximum Gasteiger partial charge on any atom is 0.246 e. The summed E-state index contributed by atoms with van der Waals surface area (Å²) in [7, 11) is 0. The molecule has 1 amide bonds. The van der Waals surface area contributed by atoms with Gasteiger partial charge in [-0.05, 0) is 31.2 Å². The summed E-state index contributed by atoms with van der Waals surface area (Å²) in [6, 6.07) is 14.6. The van der Waals surface area contributed by atoms with E-state index < -0.39 is 0 Å². The Morgan fingerprint density at radius 2 is 1.73 bits per heavy atom. The molecule has 22 heavy (non-hydrogen) atoms. The van der Waals surface area contributed by atoms with E-state index in [1.807, 2.05) is 55.5 Å². The largest absolute Gasteiger partial charge is 0.486 e. The third-order valence-electron chi connectivity index (χ3n) is 3.36. The molecule has 0 saturated heterocycles. The molecule has 0 saturated carbocycles. The molecule has 2 aromatic carbocycles. The van der Waals surface area contributed by atoms with Crippen LogP contribution < -0.4 is 20.1 Å². The zero-order valence-corrected chi connectivity index (χ0v) is 12.3. The SMILES string of the molecule is C[C@H](Nc1ccc2c(c1)OCCO2)C(=O)Nc1ccccc1. The fraction of sp³-hybridized carbons (Fsp3) is 0.235. The first kappa shape index (κ1) is 14.3. The maximum absolute atomic E-state index is 12.2. The number of nitrogens with one attached hydrogen (secondary N) is 2. The van der Waals surface area contributed by atoms with Crippen molar-refractivity contribution < 1.29 is 14.3 Å². The summed E-state index contributed by atoms with van der Waals surface area (Å²) in [6.07, 6.45) is 0. The lowest BCUT2D eigenvalue weighted by molar-refractivity contribution is -0.116. The second-order valence-electron chi connectivity index (χ2n) is 5.08. The summed E-state index contributed by atoms with van der Waals surface area (Å²) < 4.78 is 11.0. The van der Waals surface area contributed by atoms with E-state index in [1.165, 1.54) is 0 Å². The van der Waals surface area contributed by atoms with Crippen LogP contribution in [0.15, 0.2) is 48.5 Å². The van der Waals surface area contributed by atoms with Crippen molar-refractivity contribution in [1.82, 2.24) is 0 Å². The van der Waals surface area contributed by atoms with Crippen LogP contribution in [0, 0.1) is 0 Å². The Bertz CT molecular complexity index is 658. The highest BCUT2D eigenvalue weighted by atomic mass is 16.6. The van der Waals surface area contributed by atoms with Crippen molar-refractivity contribution in [3.05, 3.63) is 48.5 Å². The lowest BCUT2D eigenvalue weighted by atomic mass is 10.2. The number of hydrogen-bond donors (Lipinski definition) is 2. The molecule has 1 aliphatic heterocycles. The van der Waals surface area contributed by atoms with E-state index in [2.05, 4.69) is 10.6 Å². The highest BCUT2D eigenvalue weighted by Gasteiger charge is 2.15. The molecule has 2 aromatic rings. The van der Waals surface area contributed by atoms with E-state index >= 15 is 0 Å². The molecule has 1 heterocycles. The standard InChI is InChI=1S/C17H18N2O3/c1-12(17(20)19-13-5-3-2-4-6-13)18-14-7-8-15-16(11-14)22-10-9-21-15/h2-8,11-12,18H,9-10H2,1H3,(H,19,20)/t12-/m0/s1. The second-order valence-corrected chi connectivity index (χ2v) is 5.08. The summed E-state index contributed by atoms with van der Waals surface area (Å²) in [5.74, 6) is 1.34. The van der Waals surface area contributed by atoms with Crippen molar-refractivity contribution in [3.63, 3.8) is 0 Å². The molecule has 0 unspecified atom stereocenters. The first-order valence-electron chi connectivity index (χ1n) is 7.24. The lowest BCUT2D eigenvalue weighted by Gasteiger charge is -2.20. The molecule has 2 N–H and O–H groups in total. The van der Waals surface area contributed by atoms with Crippen molar-refractivity contribution >= 4 is 17.3 Å². The minimum absolute atomic E-state index is 0.0962. The van der Waals surface area contributed by atoms with E-state index in [1.54, 1.807) is 0 Å². The van der Waals surface area contributed by atoms with Crippen LogP contribution in [0.4, 0.5) is 11.4 Å². The van der Waals surface area contributed by atoms with Gasteiger partial charge in [0, 0.05) is 17.4 Å². The number of amides is 1. The van der Waals surface area contributed by atoms with Gasteiger partial charge in [-0.3, -0.25) is 4.79 Å². The van der Waals surface area contributed by atoms with Crippen LogP contribution in [-0.4, -0.2) is 25.2 Å². The normalized spacial score (nSPS) is 14.0. The van der Waals surface area contributed by atoms with Crippen LogP contribution in [0.2, 0.25) is 0 Å². The van der Waals surface area contributed by atoms with Gasteiger partial charge in [0.2, 0.25) is 5.91 Å². The fourth-order valence-electron chi connectivity index (χ4n) is 2.22. The third kappa shape index (κ3) is 3.31. The monoisotopic (exact) mass is 298 g/mol. The molecule has 5 heteroatoms. The predicted molar refractivity (Wildman–Crippen MR) is 85.6 cm³/mol. The van der Waals surface area contributed by atoms with Gasteiger partial charge in [0.05, 0.1) is 0 Å². The molecule has 0 bridgehead atoms. The van der Waals surface area contributed by atoms with Gasteiger partial charge in [0.15, 0.2) is 11.5 Å². The molecular weight excluding hydrogens is 280 g/mol. The molecule has 5 nitrogen and oxygen atoms in total. The number of para-hydroxylation sites is 1. The van der Waals surface area contributed by atoms with Crippen molar-refractivity contribution in [2.45, 2.75) is 13.0 Å². The smallest absolute Gasteiger partial charge is 0.246 e. The Labute approximate surface area is 129 Å². The molecule has 0 fully saturated rings. The topological polar surface area (TPSA) is 59.6 Å². The summed E-state index contributed by atoms with van der Waals surface area (Å²) in [5, 5.41) is 6.03. The van der Waals surface area contributed by atoms with Gasteiger partial charge in [-0.1, -0.05) is 18.2 Å². The van der Waals surface area contributed by atoms with E-state index in [0.717, 1.165) is 17.1 Å². The molecule has 0 aliphatic carbocycles. The Morgan fingerprint density at radius 1 is 1.00 bits per heavy atom. The second kappa shape index (κ2) is 6.39. The van der Waals surface area contributed by atoms with E-state index in [4.69, 9.17) is 9.47 Å². The number of carbonyl (C=O) groups is 1. The van der Waals surface area contributed by atoms with E-state index in [0.29, 0.717) is 19.0 Å². The van der Waals surface area contributed by atoms with Gasteiger partial charge >= 0.3 is 0 Å². The number of fused-ring (bicyclic) bond motifs is 1. The molecule has 1 atom stereocenters. The Morgan fingerprint density at radius 3 is 2.50 bits per heavy atom. The quantitative estimate of drug-likeness (QED) is 0.911. The lowest BCUT2D eigenvalue weighted by Crippen LogP contribution is -2.31. The van der Waals surface area contributed by atoms with E-state index in [-0.39, 0.29) is 11.9 Å². The van der Waals surface area contributed by atoms with Gasteiger partial charge in [-0.25, -0.2) is 0 Å². The Kier molecular flexibility index (Phi) is 4.14. The number of benzene rings is 2.